The Bertz CT molecular complexity index is 680. The van der Waals surface area contributed by atoms with E-state index in [1.807, 2.05) is 52.0 Å². The molecule has 0 aliphatic heterocycles. The van der Waals surface area contributed by atoms with Gasteiger partial charge in [-0.15, -0.1) is 0 Å². The number of carbonyl (C=O) groups is 1. The summed E-state index contributed by atoms with van der Waals surface area (Å²) in [4.78, 5) is 16.8. The standard InChI is InChI=1S/C19H23ClN2O2/c1-13(2)24-17-10-9-16(12-21-17)22-18(23)19(3,4)11-14-5-7-15(20)8-6-14/h5-10,12-13H,11H2,1-4H3,(H,22,23). The van der Waals surface area contributed by atoms with Gasteiger partial charge in [-0.3, -0.25) is 4.79 Å². The largest absolute Gasteiger partial charge is 0.475 e. The van der Waals surface area contributed by atoms with E-state index in [0.29, 0.717) is 23.0 Å². The number of nitrogens with zero attached hydrogens (tertiary/aromatic N) is 1. The van der Waals surface area contributed by atoms with Crippen LogP contribution in [-0.2, 0) is 11.2 Å². The van der Waals surface area contributed by atoms with Crippen molar-refractivity contribution in [3.05, 3.63) is 53.2 Å². The predicted octanol–water partition coefficient (Wildman–Crippen LogP) is 4.73. The maximum atomic E-state index is 12.6. The number of rotatable bonds is 6. The van der Waals surface area contributed by atoms with Gasteiger partial charge in [0, 0.05) is 16.5 Å². The topological polar surface area (TPSA) is 51.2 Å². The van der Waals surface area contributed by atoms with Crippen molar-refractivity contribution in [1.82, 2.24) is 4.98 Å². The van der Waals surface area contributed by atoms with Crippen LogP contribution in [0, 0.1) is 5.41 Å². The fraction of sp³-hybridized carbons (Fsp3) is 0.368. The minimum Gasteiger partial charge on any atom is -0.475 e. The van der Waals surface area contributed by atoms with Crippen molar-refractivity contribution >= 4 is 23.2 Å². The summed E-state index contributed by atoms with van der Waals surface area (Å²) in [6, 6.07) is 11.1. The summed E-state index contributed by atoms with van der Waals surface area (Å²) >= 11 is 5.90. The lowest BCUT2D eigenvalue weighted by molar-refractivity contribution is -0.123. The number of carbonyl (C=O) groups excluding carboxylic acids is 1. The molecule has 1 aromatic heterocycles. The highest BCUT2D eigenvalue weighted by Crippen LogP contribution is 2.25. The maximum Gasteiger partial charge on any atom is 0.230 e. The van der Waals surface area contributed by atoms with E-state index in [0.717, 1.165) is 5.56 Å². The Morgan fingerprint density at radius 2 is 1.88 bits per heavy atom. The van der Waals surface area contributed by atoms with Gasteiger partial charge in [0.1, 0.15) is 0 Å². The molecule has 1 aromatic carbocycles. The number of amides is 1. The molecule has 5 heteroatoms. The zero-order valence-corrected chi connectivity index (χ0v) is 15.2. The van der Waals surface area contributed by atoms with Gasteiger partial charge in [0.25, 0.3) is 0 Å². The number of aromatic nitrogens is 1. The number of anilines is 1. The molecule has 0 fully saturated rings. The number of hydrogen-bond acceptors (Lipinski definition) is 3. The van der Waals surface area contributed by atoms with E-state index in [1.54, 1.807) is 18.3 Å². The summed E-state index contributed by atoms with van der Waals surface area (Å²) in [5, 5.41) is 3.60. The number of benzene rings is 1. The van der Waals surface area contributed by atoms with Gasteiger partial charge in [-0.25, -0.2) is 4.98 Å². The van der Waals surface area contributed by atoms with Crippen LogP contribution in [-0.4, -0.2) is 17.0 Å². The SMILES string of the molecule is CC(C)Oc1ccc(NC(=O)C(C)(C)Cc2ccc(Cl)cc2)cn1. The molecule has 0 saturated heterocycles. The molecule has 0 aliphatic carbocycles. The van der Waals surface area contributed by atoms with Gasteiger partial charge in [-0.05, 0) is 44.0 Å². The van der Waals surface area contributed by atoms with Crippen LogP contribution in [0.25, 0.3) is 0 Å². The Morgan fingerprint density at radius 1 is 1.21 bits per heavy atom. The fourth-order valence-electron chi connectivity index (χ4n) is 2.26. The number of pyridine rings is 1. The average Bonchev–Trinajstić information content (AvgIpc) is 2.51. The van der Waals surface area contributed by atoms with Crippen LogP contribution in [0.4, 0.5) is 5.69 Å². The summed E-state index contributed by atoms with van der Waals surface area (Å²) in [5.74, 6) is 0.486. The molecule has 2 aromatic rings. The first-order valence-electron chi connectivity index (χ1n) is 7.95. The highest BCUT2D eigenvalue weighted by molar-refractivity contribution is 6.30. The van der Waals surface area contributed by atoms with Gasteiger partial charge in [-0.1, -0.05) is 37.6 Å². The Morgan fingerprint density at radius 3 is 2.42 bits per heavy atom. The molecule has 0 bridgehead atoms. The minimum absolute atomic E-state index is 0.0585. The second kappa shape index (κ2) is 7.67. The Hall–Kier alpha value is -2.07. The van der Waals surface area contributed by atoms with Crippen LogP contribution < -0.4 is 10.1 Å². The molecule has 4 nitrogen and oxygen atoms in total. The summed E-state index contributed by atoms with van der Waals surface area (Å²) in [7, 11) is 0. The highest BCUT2D eigenvalue weighted by Gasteiger charge is 2.28. The molecule has 0 spiro atoms. The van der Waals surface area contributed by atoms with E-state index < -0.39 is 5.41 Å². The predicted molar refractivity (Wildman–Crippen MR) is 97.6 cm³/mol. The molecule has 0 radical (unpaired) electrons. The van der Waals surface area contributed by atoms with Gasteiger partial charge in [0.15, 0.2) is 0 Å². The van der Waals surface area contributed by atoms with Gasteiger partial charge in [-0.2, -0.15) is 0 Å². The molecule has 0 aliphatic rings. The number of nitrogens with one attached hydrogen (secondary N) is 1. The number of halogens is 1. The van der Waals surface area contributed by atoms with Crippen LogP contribution in [0.1, 0.15) is 33.3 Å². The van der Waals surface area contributed by atoms with Crippen LogP contribution in [0.2, 0.25) is 5.02 Å². The highest BCUT2D eigenvalue weighted by atomic mass is 35.5. The van der Waals surface area contributed by atoms with Crippen molar-refractivity contribution in [2.45, 2.75) is 40.2 Å². The van der Waals surface area contributed by atoms with Gasteiger partial charge >= 0.3 is 0 Å². The normalized spacial score (nSPS) is 11.4. The van der Waals surface area contributed by atoms with Crippen LogP contribution >= 0.6 is 11.6 Å². The fourth-order valence-corrected chi connectivity index (χ4v) is 2.38. The zero-order valence-electron chi connectivity index (χ0n) is 14.5. The van der Waals surface area contributed by atoms with Crippen molar-refractivity contribution in [3.63, 3.8) is 0 Å². The molecule has 1 amide bonds. The minimum atomic E-state index is -0.555. The molecular weight excluding hydrogens is 324 g/mol. The third-order valence-corrected chi connectivity index (χ3v) is 3.78. The Kier molecular flexibility index (Phi) is 5.84. The van der Waals surface area contributed by atoms with E-state index >= 15 is 0 Å². The van der Waals surface area contributed by atoms with Crippen molar-refractivity contribution in [2.24, 2.45) is 5.41 Å². The van der Waals surface area contributed by atoms with Gasteiger partial charge in [0.05, 0.1) is 18.0 Å². The van der Waals surface area contributed by atoms with E-state index in [1.165, 1.54) is 0 Å². The van der Waals surface area contributed by atoms with Gasteiger partial charge in [0.2, 0.25) is 11.8 Å². The van der Waals surface area contributed by atoms with Crippen LogP contribution in [0.15, 0.2) is 42.6 Å². The number of ether oxygens (including phenoxy) is 1. The molecular formula is C19H23ClN2O2. The Labute approximate surface area is 148 Å². The van der Waals surface area contributed by atoms with E-state index in [4.69, 9.17) is 16.3 Å². The first-order chi connectivity index (χ1) is 11.3. The molecule has 0 unspecified atom stereocenters. The molecule has 1 heterocycles. The molecule has 1 N–H and O–H groups in total. The second-order valence-electron chi connectivity index (χ2n) is 6.69. The molecule has 2 rings (SSSR count). The van der Waals surface area contributed by atoms with Crippen molar-refractivity contribution < 1.29 is 9.53 Å². The first-order valence-corrected chi connectivity index (χ1v) is 8.33. The monoisotopic (exact) mass is 346 g/mol. The summed E-state index contributed by atoms with van der Waals surface area (Å²) in [6.45, 7) is 7.72. The maximum absolute atomic E-state index is 12.6. The molecule has 128 valence electrons. The number of hydrogen-bond donors (Lipinski definition) is 1. The van der Waals surface area contributed by atoms with Crippen molar-refractivity contribution in [1.29, 1.82) is 0 Å². The lowest BCUT2D eigenvalue weighted by Crippen LogP contribution is -2.32. The Balaban J connectivity index is 2.00. The van der Waals surface area contributed by atoms with Crippen molar-refractivity contribution in [3.8, 4) is 5.88 Å². The molecule has 0 saturated carbocycles. The van der Waals surface area contributed by atoms with Gasteiger partial charge < -0.3 is 10.1 Å². The summed E-state index contributed by atoms with van der Waals surface area (Å²) in [5.41, 5.74) is 1.17. The van der Waals surface area contributed by atoms with E-state index in [2.05, 4.69) is 10.3 Å². The first kappa shape index (κ1) is 18.3. The third kappa shape index (κ3) is 5.24. The van der Waals surface area contributed by atoms with Crippen molar-refractivity contribution in [2.75, 3.05) is 5.32 Å². The van der Waals surface area contributed by atoms with Crippen LogP contribution in [0.3, 0.4) is 0 Å². The van der Waals surface area contributed by atoms with E-state index in [-0.39, 0.29) is 12.0 Å². The quantitative estimate of drug-likeness (QED) is 0.822. The summed E-state index contributed by atoms with van der Waals surface area (Å²) < 4.78 is 5.50. The lowest BCUT2D eigenvalue weighted by atomic mass is 9.85. The van der Waals surface area contributed by atoms with Crippen LogP contribution in [0.5, 0.6) is 5.88 Å². The third-order valence-electron chi connectivity index (χ3n) is 3.52. The average molecular weight is 347 g/mol. The second-order valence-corrected chi connectivity index (χ2v) is 7.13. The molecule has 0 atom stereocenters. The zero-order chi connectivity index (χ0) is 17.7. The smallest absolute Gasteiger partial charge is 0.230 e. The summed E-state index contributed by atoms with van der Waals surface area (Å²) in [6.07, 6.45) is 2.29. The lowest BCUT2D eigenvalue weighted by Gasteiger charge is -2.23. The van der Waals surface area contributed by atoms with E-state index in [9.17, 15) is 4.79 Å². The molecule has 24 heavy (non-hydrogen) atoms.